The van der Waals surface area contributed by atoms with Crippen LogP contribution < -0.4 is 4.74 Å². The van der Waals surface area contributed by atoms with Gasteiger partial charge in [0.2, 0.25) is 0 Å². The Labute approximate surface area is 176 Å². The van der Waals surface area contributed by atoms with Gasteiger partial charge in [-0.3, -0.25) is 4.90 Å². The summed E-state index contributed by atoms with van der Waals surface area (Å²) in [5.41, 5.74) is 0.477. The van der Waals surface area contributed by atoms with Gasteiger partial charge in [-0.15, -0.1) is 0 Å². The van der Waals surface area contributed by atoms with E-state index in [1.807, 2.05) is 13.0 Å². The number of ether oxygens (including phenoxy) is 3. The highest BCUT2D eigenvalue weighted by molar-refractivity contribution is 5.80. The number of nitrogens with zero attached hydrogens (tertiary/aromatic N) is 1. The van der Waals surface area contributed by atoms with E-state index in [1.54, 1.807) is 0 Å². The highest BCUT2D eigenvalue weighted by Gasteiger charge is 2.82. The van der Waals surface area contributed by atoms with Crippen molar-refractivity contribution in [3.63, 3.8) is 0 Å². The number of piperidine rings is 1. The minimum atomic E-state index is -0.846. The molecule has 1 N–H and O–H groups in total. The summed E-state index contributed by atoms with van der Waals surface area (Å²) in [7, 11) is 0. The van der Waals surface area contributed by atoms with Crippen molar-refractivity contribution in [3.8, 4) is 5.75 Å². The SMILES string of the molecule is CCOC(=O)[C@H]1OC12CCC1(O)C3Cc4cccc5c4C1(CCN3CC1CC1)C2O5. The normalized spacial score (nSPS) is 45.1. The first-order valence-electron chi connectivity index (χ1n) is 11.6. The molecule has 6 atom stereocenters. The van der Waals surface area contributed by atoms with Crippen LogP contribution in [0.4, 0.5) is 0 Å². The Bertz CT molecular complexity index is 946. The van der Waals surface area contributed by atoms with Crippen molar-refractivity contribution < 1.29 is 24.1 Å². The summed E-state index contributed by atoms with van der Waals surface area (Å²) in [5, 5.41) is 12.4. The lowest BCUT2D eigenvalue weighted by atomic mass is 9.47. The number of esters is 1. The molecule has 3 aliphatic heterocycles. The maximum Gasteiger partial charge on any atom is 0.338 e. The molecule has 160 valence electrons. The van der Waals surface area contributed by atoms with Crippen molar-refractivity contribution in [1.82, 2.24) is 4.90 Å². The quantitative estimate of drug-likeness (QED) is 0.603. The Morgan fingerprint density at radius 2 is 2.17 bits per heavy atom. The highest BCUT2D eigenvalue weighted by atomic mass is 16.7. The van der Waals surface area contributed by atoms with E-state index < -0.39 is 22.7 Å². The summed E-state index contributed by atoms with van der Waals surface area (Å²) in [6, 6.07) is 6.41. The van der Waals surface area contributed by atoms with Gasteiger partial charge in [-0.1, -0.05) is 12.1 Å². The van der Waals surface area contributed by atoms with Gasteiger partial charge in [0.15, 0.2) is 6.10 Å². The van der Waals surface area contributed by atoms with Crippen molar-refractivity contribution in [2.75, 3.05) is 19.7 Å². The van der Waals surface area contributed by atoms with Crippen molar-refractivity contribution in [1.29, 1.82) is 0 Å². The van der Waals surface area contributed by atoms with Gasteiger partial charge in [-0.05, 0) is 69.5 Å². The minimum Gasteiger partial charge on any atom is -0.486 e. The summed E-state index contributed by atoms with van der Waals surface area (Å²) < 4.78 is 18.0. The number of hydrogen-bond acceptors (Lipinski definition) is 6. The van der Waals surface area contributed by atoms with Crippen LogP contribution in [0.25, 0.3) is 0 Å². The fourth-order valence-corrected chi connectivity index (χ4v) is 7.52. The molecule has 0 amide bonds. The molecule has 30 heavy (non-hydrogen) atoms. The molecule has 3 heterocycles. The van der Waals surface area contributed by atoms with Crippen LogP contribution in [0.15, 0.2) is 18.2 Å². The molecule has 0 radical (unpaired) electrons. The highest BCUT2D eigenvalue weighted by Crippen LogP contribution is 2.69. The number of carbonyl (C=O) groups excluding carboxylic acids is 1. The lowest BCUT2D eigenvalue weighted by molar-refractivity contribution is -0.201. The number of rotatable bonds is 4. The zero-order valence-electron chi connectivity index (χ0n) is 17.4. The van der Waals surface area contributed by atoms with Crippen molar-refractivity contribution in [2.45, 2.75) is 80.3 Å². The summed E-state index contributed by atoms with van der Waals surface area (Å²) in [6.45, 7) is 4.23. The molecule has 6 heteroatoms. The Morgan fingerprint density at radius 1 is 1.30 bits per heavy atom. The van der Waals surface area contributed by atoms with Gasteiger partial charge in [-0.25, -0.2) is 4.79 Å². The number of epoxide rings is 1. The van der Waals surface area contributed by atoms with Crippen molar-refractivity contribution in [2.24, 2.45) is 5.92 Å². The average molecular weight is 411 g/mol. The number of benzene rings is 1. The van der Waals surface area contributed by atoms with Gasteiger partial charge in [0, 0.05) is 18.2 Å². The number of hydrogen-bond donors (Lipinski definition) is 1. The van der Waals surface area contributed by atoms with E-state index in [-0.39, 0.29) is 18.1 Å². The van der Waals surface area contributed by atoms with E-state index in [0.29, 0.717) is 19.4 Å². The van der Waals surface area contributed by atoms with Gasteiger partial charge in [0.1, 0.15) is 17.5 Å². The van der Waals surface area contributed by atoms with Crippen LogP contribution in [-0.4, -0.2) is 65.1 Å². The molecule has 5 unspecified atom stereocenters. The maximum absolute atomic E-state index is 12.6. The molecule has 4 fully saturated rings. The summed E-state index contributed by atoms with van der Waals surface area (Å²) in [5.74, 6) is 1.38. The first-order valence-corrected chi connectivity index (χ1v) is 11.6. The molecule has 2 saturated carbocycles. The van der Waals surface area contributed by atoms with Gasteiger partial charge >= 0.3 is 5.97 Å². The fourth-order valence-electron chi connectivity index (χ4n) is 7.52. The summed E-state index contributed by atoms with van der Waals surface area (Å²) in [6.07, 6.45) is 4.72. The third-order valence-electron chi connectivity index (χ3n) is 8.98. The Balaban J connectivity index is 1.35. The number of likely N-dealkylation sites (tertiary alicyclic amines) is 1. The largest absolute Gasteiger partial charge is 0.486 e. The Hall–Kier alpha value is -1.63. The lowest BCUT2D eigenvalue weighted by Gasteiger charge is -2.64. The zero-order valence-corrected chi connectivity index (χ0v) is 17.4. The molecule has 6 aliphatic rings. The molecule has 0 aromatic heterocycles. The molecule has 3 aliphatic carbocycles. The smallest absolute Gasteiger partial charge is 0.338 e. The van der Waals surface area contributed by atoms with Gasteiger partial charge in [-0.2, -0.15) is 0 Å². The Morgan fingerprint density at radius 3 is 2.97 bits per heavy atom. The van der Waals surface area contributed by atoms with E-state index in [2.05, 4.69) is 17.0 Å². The zero-order chi connectivity index (χ0) is 20.3. The third-order valence-corrected chi connectivity index (χ3v) is 8.98. The predicted molar refractivity (Wildman–Crippen MR) is 107 cm³/mol. The van der Waals surface area contributed by atoms with Crippen molar-refractivity contribution >= 4 is 5.97 Å². The fraction of sp³-hybridized carbons (Fsp3) is 0.708. The molecule has 7 rings (SSSR count). The third kappa shape index (κ3) is 1.95. The molecule has 6 nitrogen and oxygen atoms in total. The minimum absolute atomic E-state index is 0.107. The van der Waals surface area contributed by atoms with E-state index in [9.17, 15) is 9.90 Å². The second-order valence-electron chi connectivity index (χ2n) is 10.3. The molecule has 1 aromatic carbocycles. The number of carbonyl (C=O) groups is 1. The van der Waals surface area contributed by atoms with E-state index in [1.165, 1.54) is 24.0 Å². The molecular weight excluding hydrogens is 382 g/mol. The number of aliphatic hydroxyl groups is 1. The van der Waals surface area contributed by atoms with Crippen LogP contribution >= 0.6 is 0 Å². The first kappa shape index (κ1) is 18.0. The predicted octanol–water partition coefficient (Wildman–Crippen LogP) is 1.95. The molecule has 1 aromatic rings. The number of fused-ring (bicyclic) bond motifs is 1. The van der Waals surface area contributed by atoms with E-state index in [0.717, 1.165) is 37.6 Å². The van der Waals surface area contributed by atoms with Crippen LogP contribution in [0.1, 0.15) is 50.2 Å². The van der Waals surface area contributed by atoms with Crippen LogP contribution in [0.5, 0.6) is 5.75 Å². The van der Waals surface area contributed by atoms with Crippen LogP contribution in [0, 0.1) is 5.92 Å². The summed E-state index contributed by atoms with van der Waals surface area (Å²) in [4.78, 5) is 15.1. The van der Waals surface area contributed by atoms with E-state index in [4.69, 9.17) is 14.2 Å². The van der Waals surface area contributed by atoms with Crippen LogP contribution in [-0.2, 0) is 26.1 Å². The van der Waals surface area contributed by atoms with Gasteiger partial charge < -0.3 is 19.3 Å². The monoisotopic (exact) mass is 411 g/mol. The summed E-state index contributed by atoms with van der Waals surface area (Å²) >= 11 is 0. The average Bonchev–Trinajstić information content (AvgIpc) is 3.63. The second kappa shape index (κ2) is 5.59. The topological polar surface area (TPSA) is 71.5 Å². The van der Waals surface area contributed by atoms with Crippen molar-refractivity contribution in [3.05, 3.63) is 29.3 Å². The first-order chi connectivity index (χ1) is 14.5. The molecular formula is C24H29NO5. The van der Waals surface area contributed by atoms with Gasteiger partial charge in [0.25, 0.3) is 0 Å². The lowest BCUT2D eigenvalue weighted by Crippen LogP contribution is -2.78. The second-order valence-corrected chi connectivity index (χ2v) is 10.3. The van der Waals surface area contributed by atoms with E-state index >= 15 is 0 Å². The Kier molecular flexibility index (Phi) is 3.35. The molecule has 2 spiro atoms. The maximum atomic E-state index is 12.6. The standard InChI is InChI=1S/C24H29NO5/c1-2-28-20(26)19-23(30-19)8-9-24(27)17-12-15-4-3-5-16-18(15)22(24,21(23)29-16)10-11-25(17)13-14-6-7-14/h3-5,14,17,19,21,27H,2,6-13H2,1H3/t17?,19-,21?,22?,23?,24?/m1/s1. The van der Waals surface area contributed by atoms with Crippen LogP contribution in [0.3, 0.4) is 0 Å². The van der Waals surface area contributed by atoms with Gasteiger partial charge in [0.05, 0.1) is 17.6 Å². The molecule has 2 saturated heterocycles. The molecule has 2 bridgehead atoms. The van der Waals surface area contributed by atoms with Crippen LogP contribution in [0.2, 0.25) is 0 Å².